The van der Waals surface area contributed by atoms with Crippen LogP contribution in [0, 0.1) is 0 Å². The fraction of sp³-hybridized carbons (Fsp3) is 0.250. The third-order valence-electron chi connectivity index (χ3n) is 3.57. The van der Waals surface area contributed by atoms with Gasteiger partial charge in [0.1, 0.15) is 11.5 Å². The lowest BCUT2D eigenvalue weighted by Crippen LogP contribution is -2.24. The van der Waals surface area contributed by atoms with Crippen molar-refractivity contribution in [2.24, 2.45) is 0 Å². The van der Waals surface area contributed by atoms with Crippen molar-refractivity contribution in [3.8, 4) is 5.75 Å². The first-order valence-electron chi connectivity index (χ1n) is 8.03. The number of Topliss-reactive ketones (excluding diaryl/α,β-unsaturated/α-hetero) is 2. The summed E-state index contributed by atoms with van der Waals surface area (Å²) in [5, 5.41) is 0. The summed E-state index contributed by atoms with van der Waals surface area (Å²) in [6.45, 7) is 3.03. The van der Waals surface area contributed by atoms with Gasteiger partial charge in [-0.3, -0.25) is 9.59 Å². The molecule has 0 heterocycles. The van der Waals surface area contributed by atoms with Gasteiger partial charge in [0.25, 0.3) is 0 Å². The Balaban J connectivity index is 2.08. The van der Waals surface area contributed by atoms with Crippen LogP contribution in [0.1, 0.15) is 34.6 Å². The van der Waals surface area contributed by atoms with Crippen LogP contribution in [-0.4, -0.2) is 36.5 Å². The second-order valence-corrected chi connectivity index (χ2v) is 6.64. The zero-order valence-corrected chi connectivity index (χ0v) is 15.7. The van der Waals surface area contributed by atoms with Crippen LogP contribution in [0.3, 0.4) is 0 Å². The minimum atomic E-state index is -0.929. The largest absolute Gasteiger partial charge is 0.497 e. The Labute approximate surface area is 156 Å². The van der Waals surface area contributed by atoms with E-state index in [-0.39, 0.29) is 17.3 Å². The van der Waals surface area contributed by atoms with E-state index in [1.807, 2.05) is 0 Å². The average Bonchev–Trinajstić information content (AvgIpc) is 2.65. The number of thioether (sulfide) groups is 1. The van der Waals surface area contributed by atoms with Crippen molar-refractivity contribution in [2.45, 2.75) is 24.8 Å². The Morgan fingerprint density at radius 1 is 1.04 bits per heavy atom. The molecule has 0 fully saturated rings. The van der Waals surface area contributed by atoms with Crippen LogP contribution in [0.15, 0.2) is 53.4 Å². The van der Waals surface area contributed by atoms with Crippen molar-refractivity contribution >= 4 is 29.3 Å². The predicted octanol–water partition coefficient (Wildman–Crippen LogP) is 3.80. The number of rotatable bonds is 8. The average molecular weight is 372 g/mol. The number of carbonyl (C=O) groups excluding carboxylic acids is 3. The third kappa shape index (κ3) is 5.20. The van der Waals surface area contributed by atoms with E-state index in [2.05, 4.69) is 0 Å². The van der Waals surface area contributed by atoms with Crippen LogP contribution < -0.4 is 4.74 Å². The van der Waals surface area contributed by atoms with Crippen molar-refractivity contribution in [2.75, 3.05) is 12.9 Å². The third-order valence-corrected chi connectivity index (χ3v) is 4.78. The number of hydrogen-bond donors (Lipinski definition) is 0. The molecule has 26 heavy (non-hydrogen) atoms. The summed E-state index contributed by atoms with van der Waals surface area (Å²) in [6, 6.07) is 13.5. The van der Waals surface area contributed by atoms with Gasteiger partial charge in [-0.05, 0) is 50.2 Å². The molecule has 0 aliphatic heterocycles. The molecule has 2 rings (SSSR count). The van der Waals surface area contributed by atoms with E-state index in [1.165, 1.54) is 25.6 Å². The Kier molecular flexibility index (Phi) is 6.97. The molecule has 0 aromatic heterocycles. The molecule has 0 aliphatic carbocycles. The van der Waals surface area contributed by atoms with Crippen LogP contribution in [0.4, 0.5) is 0 Å². The highest BCUT2D eigenvalue weighted by Gasteiger charge is 2.22. The molecule has 0 N–H and O–H groups in total. The number of hydrogen-bond acceptors (Lipinski definition) is 6. The zero-order chi connectivity index (χ0) is 19.1. The molecule has 0 radical (unpaired) electrons. The number of ether oxygens (including phenoxy) is 2. The van der Waals surface area contributed by atoms with Gasteiger partial charge in [0.05, 0.1) is 18.4 Å². The summed E-state index contributed by atoms with van der Waals surface area (Å²) in [5.74, 6) is 0.0367. The number of ketones is 2. The monoisotopic (exact) mass is 372 g/mol. The molecule has 0 unspecified atom stereocenters. The van der Waals surface area contributed by atoms with Crippen LogP contribution in [-0.2, 0) is 9.53 Å². The summed E-state index contributed by atoms with van der Waals surface area (Å²) in [5.41, 5.74) is 0.776. The maximum absolute atomic E-state index is 12.5. The molecule has 0 spiro atoms. The van der Waals surface area contributed by atoms with E-state index in [1.54, 1.807) is 55.6 Å². The maximum atomic E-state index is 12.5. The molecule has 0 bridgehead atoms. The molecule has 2 aromatic rings. The molecule has 2 aromatic carbocycles. The minimum absolute atomic E-state index is 0.0150. The standard InChI is InChI=1S/C20H20O5S/c1-13(21)12-26-18-7-5-4-6-17(18)20(23)25-14(2)19(22)15-8-10-16(24-3)11-9-15/h4-11,14H,12H2,1-3H3/t14-/m1/s1. The normalized spacial score (nSPS) is 11.5. The number of benzene rings is 2. The lowest BCUT2D eigenvalue weighted by Gasteiger charge is -2.14. The van der Waals surface area contributed by atoms with Crippen molar-refractivity contribution in [3.63, 3.8) is 0 Å². The van der Waals surface area contributed by atoms with Gasteiger partial charge in [0, 0.05) is 10.5 Å². The summed E-state index contributed by atoms with van der Waals surface area (Å²) in [7, 11) is 1.54. The Morgan fingerprint density at radius 2 is 1.69 bits per heavy atom. The lowest BCUT2D eigenvalue weighted by atomic mass is 10.1. The van der Waals surface area contributed by atoms with Gasteiger partial charge in [-0.25, -0.2) is 4.79 Å². The first kappa shape index (κ1) is 19.7. The van der Waals surface area contributed by atoms with Gasteiger partial charge < -0.3 is 9.47 Å². The highest BCUT2D eigenvalue weighted by atomic mass is 32.2. The SMILES string of the molecule is COc1ccc(C(=O)[C@@H](C)OC(=O)c2ccccc2SCC(C)=O)cc1. The smallest absolute Gasteiger partial charge is 0.339 e. The fourth-order valence-corrected chi connectivity index (χ4v) is 3.05. The first-order chi connectivity index (χ1) is 12.4. The molecule has 6 heteroatoms. The number of carbonyl (C=O) groups is 3. The van der Waals surface area contributed by atoms with Crippen molar-refractivity contribution in [1.82, 2.24) is 0 Å². The highest BCUT2D eigenvalue weighted by molar-refractivity contribution is 8.00. The Bertz CT molecular complexity index is 798. The number of esters is 1. The Morgan fingerprint density at radius 3 is 2.31 bits per heavy atom. The van der Waals surface area contributed by atoms with Crippen LogP contribution >= 0.6 is 11.8 Å². The zero-order valence-electron chi connectivity index (χ0n) is 14.9. The molecule has 0 saturated carbocycles. The molecule has 0 aliphatic rings. The van der Waals surface area contributed by atoms with Crippen LogP contribution in [0.5, 0.6) is 5.75 Å². The topological polar surface area (TPSA) is 69.7 Å². The lowest BCUT2D eigenvalue weighted by molar-refractivity contribution is -0.114. The fourth-order valence-electron chi connectivity index (χ4n) is 2.21. The van der Waals surface area contributed by atoms with Gasteiger partial charge >= 0.3 is 5.97 Å². The van der Waals surface area contributed by atoms with Crippen molar-refractivity contribution < 1.29 is 23.9 Å². The predicted molar refractivity (Wildman–Crippen MR) is 100 cm³/mol. The Hall–Kier alpha value is -2.60. The van der Waals surface area contributed by atoms with E-state index < -0.39 is 12.1 Å². The van der Waals surface area contributed by atoms with Gasteiger partial charge in [-0.15, -0.1) is 11.8 Å². The first-order valence-corrected chi connectivity index (χ1v) is 9.01. The van der Waals surface area contributed by atoms with E-state index in [4.69, 9.17) is 9.47 Å². The molecular weight excluding hydrogens is 352 g/mol. The minimum Gasteiger partial charge on any atom is -0.497 e. The molecule has 136 valence electrons. The highest BCUT2D eigenvalue weighted by Crippen LogP contribution is 2.24. The quantitative estimate of drug-likeness (QED) is 0.399. The summed E-state index contributed by atoms with van der Waals surface area (Å²) in [6.07, 6.45) is -0.929. The van der Waals surface area contributed by atoms with Crippen LogP contribution in [0.25, 0.3) is 0 Å². The van der Waals surface area contributed by atoms with Crippen molar-refractivity contribution in [3.05, 3.63) is 59.7 Å². The summed E-state index contributed by atoms with van der Waals surface area (Å²) in [4.78, 5) is 36.7. The second-order valence-electron chi connectivity index (χ2n) is 5.63. The second kappa shape index (κ2) is 9.20. The molecule has 0 amide bonds. The van der Waals surface area contributed by atoms with Gasteiger partial charge in [0.2, 0.25) is 5.78 Å². The molecule has 1 atom stereocenters. The van der Waals surface area contributed by atoms with E-state index in [0.717, 1.165) is 0 Å². The summed E-state index contributed by atoms with van der Waals surface area (Å²) < 4.78 is 10.4. The molecule has 0 saturated heterocycles. The van der Waals surface area contributed by atoms with Gasteiger partial charge in [-0.2, -0.15) is 0 Å². The molecular formula is C20H20O5S. The van der Waals surface area contributed by atoms with Gasteiger partial charge in [-0.1, -0.05) is 12.1 Å². The number of methoxy groups -OCH3 is 1. The maximum Gasteiger partial charge on any atom is 0.339 e. The van der Waals surface area contributed by atoms with E-state index in [9.17, 15) is 14.4 Å². The van der Waals surface area contributed by atoms with E-state index >= 15 is 0 Å². The summed E-state index contributed by atoms with van der Waals surface area (Å²) >= 11 is 1.27. The van der Waals surface area contributed by atoms with E-state index in [0.29, 0.717) is 21.8 Å². The van der Waals surface area contributed by atoms with Crippen LogP contribution in [0.2, 0.25) is 0 Å². The van der Waals surface area contributed by atoms with Gasteiger partial charge in [0.15, 0.2) is 6.10 Å². The molecule has 5 nitrogen and oxygen atoms in total. The van der Waals surface area contributed by atoms with Crippen molar-refractivity contribution in [1.29, 1.82) is 0 Å².